The first-order valence-corrected chi connectivity index (χ1v) is 11.3. The molecular weight excluding hydrogens is 386 g/mol. The molecule has 1 unspecified atom stereocenters. The lowest BCUT2D eigenvalue weighted by Crippen LogP contribution is -2.63. The fourth-order valence-corrected chi connectivity index (χ4v) is 6.88. The van der Waals surface area contributed by atoms with Crippen molar-refractivity contribution in [2.45, 2.75) is 44.1 Å². The van der Waals surface area contributed by atoms with E-state index in [2.05, 4.69) is 9.89 Å². The number of fused-ring (bicyclic) bond motifs is 1. The zero-order valence-electron chi connectivity index (χ0n) is 15.5. The molecule has 4 rings (SSSR count). The quantitative estimate of drug-likeness (QED) is 0.676. The van der Waals surface area contributed by atoms with Crippen molar-refractivity contribution in [3.63, 3.8) is 0 Å². The number of likely N-dealkylation sites (tertiary alicyclic amines) is 1. The number of carboxylic acids is 1. The number of hydrogen-bond acceptors (Lipinski definition) is 7. The minimum atomic E-state index is -1.05. The molecular formula is C18H25N3O4S2. The van der Waals surface area contributed by atoms with Gasteiger partial charge in [0.2, 0.25) is 5.91 Å². The molecule has 2 saturated heterocycles. The van der Waals surface area contributed by atoms with E-state index in [1.807, 2.05) is 18.7 Å². The highest BCUT2D eigenvalue weighted by molar-refractivity contribution is 8.13. The minimum absolute atomic E-state index is 0.0583. The summed E-state index contributed by atoms with van der Waals surface area (Å²) in [5.74, 6) is -0.768. The Bertz CT molecular complexity index is 717. The van der Waals surface area contributed by atoms with Gasteiger partial charge in [0.15, 0.2) is 5.17 Å². The Balaban J connectivity index is 1.45. The van der Waals surface area contributed by atoms with Gasteiger partial charge in [0.05, 0.1) is 18.1 Å². The predicted octanol–water partition coefficient (Wildman–Crippen LogP) is 1.44. The number of thioether (sulfide) groups is 2. The summed E-state index contributed by atoms with van der Waals surface area (Å²) in [4.78, 5) is 33.3. The molecule has 2 N–H and O–H groups in total. The molecule has 0 saturated carbocycles. The maximum absolute atomic E-state index is 12.4. The van der Waals surface area contributed by atoms with Gasteiger partial charge in [-0.3, -0.25) is 9.79 Å². The van der Waals surface area contributed by atoms with Gasteiger partial charge in [-0.1, -0.05) is 18.7 Å². The van der Waals surface area contributed by atoms with Crippen LogP contribution in [0.3, 0.4) is 0 Å². The lowest BCUT2D eigenvalue weighted by atomic mass is 9.79. The van der Waals surface area contributed by atoms with Gasteiger partial charge in [0.1, 0.15) is 5.70 Å². The molecule has 0 aromatic rings. The van der Waals surface area contributed by atoms with Crippen molar-refractivity contribution in [3.8, 4) is 0 Å². The van der Waals surface area contributed by atoms with Gasteiger partial charge in [-0.2, -0.15) is 0 Å². The predicted molar refractivity (Wildman–Crippen MR) is 107 cm³/mol. The van der Waals surface area contributed by atoms with Crippen molar-refractivity contribution in [2.24, 2.45) is 16.8 Å². The fraction of sp³-hybridized carbons (Fsp3) is 0.722. The Morgan fingerprint density at radius 1 is 1.37 bits per heavy atom. The molecule has 4 aliphatic rings. The van der Waals surface area contributed by atoms with E-state index in [1.54, 1.807) is 18.7 Å². The average molecular weight is 412 g/mol. The van der Waals surface area contributed by atoms with Crippen LogP contribution in [0.15, 0.2) is 15.6 Å². The van der Waals surface area contributed by atoms with Gasteiger partial charge in [-0.25, -0.2) is 4.79 Å². The molecule has 0 aromatic heterocycles. The zero-order valence-corrected chi connectivity index (χ0v) is 17.1. The second-order valence-corrected chi connectivity index (χ2v) is 10.0. The molecule has 0 radical (unpaired) electrons. The van der Waals surface area contributed by atoms with Crippen molar-refractivity contribution >= 4 is 40.6 Å². The van der Waals surface area contributed by atoms with Crippen LogP contribution in [0, 0.1) is 11.8 Å². The summed E-state index contributed by atoms with van der Waals surface area (Å²) in [7, 11) is 0. The van der Waals surface area contributed by atoms with Crippen LogP contribution < -0.4 is 0 Å². The molecule has 7 nitrogen and oxygen atoms in total. The number of carboxylic acid groups (broad SMARTS) is 1. The molecule has 1 amide bonds. The van der Waals surface area contributed by atoms with E-state index in [9.17, 15) is 19.8 Å². The Kier molecular flexibility index (Phi) is 5.20. The smallest absolute Gasteiger partial charge is 0.353 e. The van der Waals surface area contributed by atoms with Crippen molar-refractivity contribution in [1.29, 1.82) is 0 Å². The lowest BCUT2D eigenvalue weighted by Gasteiger charge is -2.46. The van der Waals surface area contributed by atoms with E-state index in [0.29, 0.717) is 5.25 Å². The van der Waals surface area contributed by atoms with Crippen molar-refractivity contribution in [2.75, 3.05) is 25.4 Å². The monoisotopic (exact) mass is 411 g/mol. The molecule has 27 heavy (non-hydrogen) atoms. The van der Waals surface area contributed by atoms with Crippen LogP contribution in [0.2, 0.25) is 0 Å². The van der Waals surface area contributed by atoms with Crippen molar-refractivity contribution in [1.82, 2.24) is 9.80 Å². The standard InChI is InChI=1S/C18H25N3O4S2/c1-9-13-12(10(2)22)16(23)21(13)14(17(24)25)15(9)27-11-7-20(8-11)18-19-5-3-4-6-26-18/h9-13,22H,3-8H2,1-2H3,(H,24,25)/t9-,10-,12?,13-/m1/s1. The third-order valence-electron chi connectivity index (χ3n) is 5.75. The number of aliphatic hydroxyl groups is 1. The van der Waals surface area contributed by atoms with Crippen molar-refractivity contribution in [3.05, 3.63) is 10.6 Å². The summed E-state index contributed by atoms with van der Waals surface area (Å²) >= 11 is 3.41. The van der Waals surface area contributed by atoms with Gasteiger partial charge in [-0.15, -0.1) is 11.8 Å². The number of aliphatic imine (C=N–C) groups is 1. The summed E-state index contributed by atoms with van der Waals surface area (Å²) in [6.45, 7) is 6.18. The normalized spacial score (nSPS) is 32.5. The Labute approximate surface area is 167 Å². The minimum Gasteiger partial charge on any atom is -0.477 e. The topological polar surface area (TPSA) is 93.4 Å². The number of carbonyl (C=O) groups is 2. The summed E-state index contributed by atoms with van der Waals surface area (Å²) in [6, 6.07) is -0.232. The van der Waals surface area contributed by atoms with Gasteiger partial charge in [-0.05, 0) is 19.8 Å². The van der Waals surface area contributed by atoms with Gasteiger partial charge in [0, 0.05) is 41.5 Å². The van der Waals surface area contributed by atoms with Gasteiger partial charge < -0.3 is 20.0 Å². The number of nitrogens with zero attached hydrogens (tertiary/aromatic N) is 3. The number of carbonyl (C=O) groups excluding carboxylic acids is 1. The second-order valence-electron chi connectivity index (χ2n) is 7.64. The van der Waals surface area contributed by atoms with E-state index in [4.69, 9.17) is 0 Å². The van der Waals surface area contributed by atoms with Gasteiger partial charge >= 0.3 is 5.97 Å². The SMILES string of the molecule is C[C@@H](O)C1C(=O)N2C(C(=O)O)=C(SC3CN(C4=NCCCCS4)C3)[C@H](C)[C@H]12. The molecule has 2 fully saturated rings. The van der Waals surface area contributed by atoms with Crippen LogP contribution in [0.5, 0.6) is 0 Å². The number of aliphatic carboxylic acids is 1. The number of rotatable bonds is 4. The third-order valence-corrected chi connectivity index (χ3v) is 8.34. The molecule has 148 valence electrons. The second kappa shape index (κ2) is 7.33. The fourth-order valence-electron chi connectivity index (χ4n) is 4.32. The first kappa shape index (κ1) is 19.1. The average Bonchev–Trinajstić information content (AvgIpc) is 2.73. The summed E-state index contributed by atoms with van der Waals surface area (Å²) in [6.07, 6.45) is 1.58. The molecule has 0 aromatic carbocycles. The molecule has 4 atom stereocenters. The summed E-state index contributed by atoms with van der Waals surface area (Å²) in [5, 5.41) is 21.0. The van der Waals surface area contributed by atoms with E-state index < -0.39 is 18.0 Å². The largest absolute Gasteiger partial charge is 0.477 e. The summed E-state index contributed by atoms with van der Waals surface area (Å²) < 4.78 is 0. The Hall–Kier alpha value is -1.19. The van der Waals surface area contributed by atoms with Crippen molar-refractivity contribution < 1.29 is 19.8 Å². The third kappa shape index (κ3) is 3.17. The highest BCUT2D eigenvalue weighted by atomic mass is 32.2. The Morgan fingerprint density at radius 2 is 2.11 bits per heavy atom. The first-order chi connectivity index (χ1) is 12.9. The Morgan fingerprint density at radius 3 is 2.78 bits per heavy atom. The van der Waals surface area contributed by atoms with E-state index in [-0.39, 0.29) is 23.6 Å². The maximum atomic E-state index is 12.4. The first-order valence-electron chi connectivity index (χ1n) is 9.47. The van der Waals surface area contributed by atoms with Crippen LogP contribution in [0.1, 0.15) is 26.7 Å². The van der Waals surface area contributed by atoms with Gasteiger partial charge in [0.25, 0.3) is 0 Å². The van der Waals surface area contributed by atoms with E-state index in [0.717, 1.165) is 41.9 Å². The van der Waals surface area contributed by atoms with Crippen LogP contribution in [0.25, 0.3) is 0 Å². The van der Waals surface area contributed by atoms with Crippen LogP contribution in [0.4, 0.5) is 0 Å². The molecule has 4 aliphatic heterocycles. The molecule has 9 heteroatoms. The number of aliphatic hydroxyl groups excluding tert-OH is 1. The summed E-state index contributed by atoms with van der Waals surface area (Å²) in [5.41, 5.74) is 0.124. The van der Waals surface area contributed by atoms with Crippen LogP contribution in [-0.4, -0.2) is 79.8 Å². The number of hydrogen-bond donors (Lipinski definition) is 2. The molecule has 0 spiro atoms. The molecule has 4 heterocycles. The highest BCUT2D eigenvalue weighted by Gasteiger charge is 2.60. The number of amides is 1. The number of amidine groups is 1. The molecule has 0 aliphatic carbocycles. The lowest BCUT2D eigenvalue weighted by molar-refractivity contribution is -0.163. The maximum Gasteiger partial charge on any atom is 0.353 e. The zero-order chi connectivity index (χ0) is 19.3. The molecule has 0 bridgehead atoms. The number of β-lactam (4-membered cyclic amide) rings is 1. The highest BCUT2D eigenvalue weighted by Crippen LogP contribution is 2.52. The van der Waals surface area contributed by atoms with Crippen LogP contribution >= 0.6 is 23.5 Å². The van der Waals surface area contributed by atoms with E-state index in [1.165, 1.54) is 11.3 Å². The van der Waals surface area contributed by atoms with E-state index >= 15 is 0 Å². The van der Waals surface area contributed by atoms with Crippen LogP contribution in [-0.2, 0) is 9.59 Å².